The second kappa shape index (κ2) is 4.14. The van der Waals surface area contributed by atoms with E-state index in [-0.39, 0.29) is 0 Å². The number of benzene rings is 1. The van der Waals surface area contributed by atoms with Crippen LogP contribution >= 0.6 is 18.1 Å². The maximum Gasteiger partial charge on any atom is 0.411 e. The molecule has 72 valence electrons. The minimum absolute atomic E-state index is 0.509. The van der Waals surface area contributed by atoms with Crippen LogP contribution < -0.4 is 4.52 Å². The fraction of sp³-hybridized carbons (Fsp3) is 0.250. The number of hydrogen-bond acceptors (Lipinski definition) is 2. The van der Waals surface area contributed by atoms with Gasteiger partial charge in [0.2, 0.25) is 0 Å². The standard InChI is InChI=1S/C8H11ClNO2P/c1-10(2)13(9,11)12-8-6-4-3-5-7-8/h3-7H,1-2H3/t13-/m1/s1. The predicted molar refractivity (Wildman–Crippen MR) is 54.2 cm³/mol. The average Bonchev–Trinajstić information content (AvgIpc) is 2.05. The van der Waals surface area contributed by atoms with Crippen LogP contribution in [0.25, 0.3) is 0 Å². The van der Waals surface area contributed by atoms with E-state index in [1.54, 1.807) is 38.4 Å². The Balaban J connectivity index is 2.76. The zero-order chi connectivity index (χ0) is 9.90. The van der Waals surface area contributed by atoms with Crippen LogP contribution in [0.1, 0.15) is 0 Å². The molecule has 0 spiro atoms. The van der Waals surface area contributed by atoms with Gasteiger partial charge in [-0.25, -0.2) is 9.24 Å². The molecule has 0 N–H and O–H groups in total. The highest BCUT2D eigenvalue weighted by atomic mass is 35.7. The van der Waals surface area contributed by atoms with Crippen molar-refractivity contribution in [1.82, 2.24) is 4.67 Å². The Hall–Kier alpha value is -0.500. The minimum atomic E-state index is -3.18. The van der Waals surface area contributed by atoms with Crippen LogP contribution in [0.15, 0.2) is 30.3 Å². The molecule has 0 unspecified atom stereocenters. The van der Waals surface area contributed by atoms with Crippen LogP contribution in [0.5, 0.6) is 5.75 Å². The van der Waals surface area contributed by atoms with Gasteiger partial charge in [-0.15, -0.1) is 0 Å². The highest BCUT2D eigenvalue weighted by molar-refractivity contribution is 7.83. The van der Waals surface area contributed by atoms with Gasteiger partial charge in [0.15, 0.2) is 0 Å². The quantitative estimate of drug-likeness (QED) is 0.732. The van der Waals surface area contributed by atoms with E-state index in [0.29, 0.717) is 5.75 Å². The second-order valence-electron chi connectivity index (χ2n) is 2.70. The van der Waals surface area contributed by atoms with Crippen molar-refractivity contribution in [3.63, 3.8) is 0 Å². The molecule has 0 radical (unpaired) electrons. The van der Waals surface area contributed by atoms with E-state index < -0.39 is 6.87 Å². The molecule has 13 heavy (non-hydrogen) atoms. The molecule has 1 aromatic carbocycles. The maximum atomic E-state index is 11.6. The van der Waals surface area contributed by atoms with Gasteiger partial charge in [-0.3, -0.25) is 0 Å². The Morgan fingerprint density at radius 2 is 1.85 bits per heavy atom. The van der Waals surface area contributed by atoms with Gasteiger partial charge in [-0.05, 0) is 26.2 Å². The van der Waals surface area contributed by atoms with Crippen molar-refractivity contribution < 1.29 is 9.09 Å². The summed E-state index contributed by atoms with van der Waals surface area (Å²) in [6.45, 7) is -3.18. The number of hydrogen-bond donors (Lipinski definition) is 0. The van der Waals surface area contributed by atoms with Gasteiger partial charge >= 0.3 is 6.87 Å². The van der Waals surface area contributed by atoms with Crippen LogP contribution in [0.3, 0.4) is 0 Å². The van der Waals surface area contributed by atoms with Crippen LogP contribution in [-0.4, -0.2) is 18.8 Å². The normalized spacial score (nSPS) is 15.4. The van der Waals surface area contributed by atoms with E-state index >= 15 is 0 Å². The molecule has 0 aliphatic rings. The Labute approximate surface area is 82.6 Å². The average molecular weight is 220 g/mol. The molecule has 0 saturated carbocycles. The van der Waals surface area contributed by atoms with Gasteiger partial charge in [0.05, 0.1) is 0 Å². The fourth-order valence-corrected chi connectivity index (χ4v) is 1.48. The van der Waals surface area contributed by atoms with Crippen molar-refractivity contribution in [3.05, 3.63) is 30.3 Å². The third-order valence-corrected chi connectivity index (χ3v) is 3.94. The van der Waals surface area contributed by atoms with Crippen molar-refractivity contribution >= 4 is 18.1 Å². The van der Waals surface area contributed by atoms with Crippen LogP contribution in [0, 0.1) is 0 Å². The summed E-state index contributed by atoms with van der Waals surface area (Å²) < 4.78 is 18.0. The summed E-state index contributed by atoms with van der Waals surface area (Å²) >= 11 is 5.66. The van der Waals surface area contributed by atoms with E-state index in [4.69, 9.17) is 15.8 Å². The van der Waals surface area contributed by atoms with E-state index in [1.165, 1.54) is 4.67 Å². The van der Waals surface area contributed by atoms with Crippen molar-refractivity contribution in [2.75, 3.05) is 14.1 Å². The highest BCUT2D eigenvalue weighted by Gasteiger charge is 2.23. The second-order valence-corrected chi connectivity index (χ2v) is 5.87. The number of nitrogens with zero attached hydrogens (tertiary/aromatic N) is 1. The van der Waals surface area contributed by atoms with Crippen molar-refractivity contribution in [2.45, 2.75) is 0 Å². The number of para-hydroxylation sites is 1. The molecule has 3 nitrogen and oxygen atoms in total. The van der Waals surface area contributed by atoms with Gasteiger partial charge in [-0.1, -0.05) is 18.2 Å². The predicted octanol–water partition coefficient (Wildman–Crippen LogP) is 2.97. The third kappa shape index (κ3) is 3.03. The summed E-state index contributed by atoms with van der Waals surface area (Å²) in [5.74, 6) is 0.509. The SMILES string of the molecule is CN(C)[P@@](=O)(Cl)Oc1ccccc1. The lowest BCUT2D eigenvalue weighted by molar-refractivity contribution is 0.436. The van der Waals surface area contributed by atoms with E-state index in [0.717, 1.165) is 0 Å². The summed E-state index contributed by atoms with van der Waals surface area (Å²) in [7, 11) is 3.22. The zero-order valence-corrected chi connectivity index (χ0v) is 9.13. The topological polar surface area (TPSA) is 29.5 Å². The Kier molecular flexibility index (Phi) is 3.37. The Bertz CT molecular complexity index is 315. The van der Waals surface area contributed by atoms with Crippen LogP contribution in [0.4, 0.5) is 0 Å². The van der Waals surface area contributed by atoms with E-state index in [9.17, 15) is 4.57 Å². The molecule has 0 bridgehead atoms. The molecular weight excluding hydrogens is 209 g/mol. The molecular formula is C8H11ClNO2P. The first-order chi connectivity index (χ1) is 6.02. The lowest BCUT2D eigenvalue weighted by atomic mass is 10.3. The van der Waals surface area contributed by atoms with Gasteiger partial charge in [0.1, 0.15) is 5.75 Å². The molecule has 1 aromatic rings. The molecule has 0 aliphatic carbocycles. The smallest absolute Gasteiger partial charge is 0.411 e. The first kappa shape index (κ1) is 10.6. The van der Waals surface area contributed by atoms with Gasteiger partial charge in [-0.2, -0.15) is 0 Å². The summed E-state index contributed by atoms with van der Waals surface area (Å²) in [5.41, 5.74) is 0. The molecule has 1 rings (SSSR count). The summed E-state index contributed by atoms with van der Waals surface area (Å²) in [5, 5.41) is 0. The number of rotatable bonds is 3. The van der Waals surface area contributed by atoms with Crippen LogP contribution in [-0.2, 0) is 4.57 Å². The molecule has 0 aromatic heterocycles. The Morgan fingerprint density at radius 1 is 1.31 bits per heavy atom. The largest absolute Gasteiger partial charge is 0.422 e. The third-order valence-electron chi connectivity index (χ3n) is 1.44. The molecule has 0 saturated heterocycles. The van der Waals surface area contributed by atoms with Gasteiger partial charge in [0, 0.05) is 11.2 Å². The monoisotopic (exact) mass is 219 g/mol. The van der Waals surface area contributed by atoms with Gasteiger partial charge in [0.25, 0.3) is 0 Å². The molecule has 0 aliphatic heterocycles. The van der Waals surface area contributed by atoms with E-state index in [1.807, 2.05) is 6.07 Å². The molecule has 0 heterocycles. The highest BCUT2D eigenvalue weighted by Crippen LogP contribution is 2.53. The molecule has 1 atom stereocenters. The maximum absolute atomic E-state index is 11.6. The Morgan fingerprint density at radius 3 is 2.31 bits per heavy atom. The van der Waals surface area contributed by atoms with E-state index in [2.05, 4.69) is 0 Å². The zero-order valence-electron chi connectivity index (χ0n) is 7.48. The summed E-state index contributed by atoms with van der Waals surface area (Å²) in [4.78, 5) is 0. The summed E-state index contributed by atoms with van der Waals surface area (Å²) in [6, 6.07) is 8.85. The molecule has 0 amide bonds. The number of halogens is 1. The minimum Gasteiger partial charge on any atom is -0.422 e. The molecule has 5 heteroatoms. The van der Waals surface area contributed by atoms with Crippen molar-refractivity contribution in [1.29, 1.82) is 0 Å². The first-order valence-corrected chi connectivity index (χ1v) is 6.23. The lowest BCUT2D eigenvalue weighted by Gasteiger charge is -2.18. The molecule has 0 fully saturated rings. The van der Waals surface area contributed by atoms with Crippen LogP contribution in [0.2, 0.25) is 0 Å². The van der Waals surface area contributed by atoms with Crippen molar-refractivity contribution in [2.24, 2.45) is 0 Å². The fourth-order valence-electron chi connectivity index (χ4n) is 0.693. The first-order valence-electron chi connectivity index (χ1n) is 3.74. The van der Waals surface area contributed by atoms with Gasteiger partial charge < -0.3 is 4.52 Å². The van der Waals surface area contributed by atoms with Crippen molar-refractivity contribution in [3.8, 4) is 5.75 Å². The lowest BCUT2D eigenvalue weighted by Crippen LogP contribution is -2.08. The summed E-state index contributed by atoms with van der Waals surface area (Å²) in [6.07, 6.45) is 0.